The van der Waals surface area contributed by atoms with Gasteiger partial charge in [0.05, 0.1) is 6.10 Å². The van der Waals surface area contributed by atoms with Crippen LogP contribution in [-0.4, -0.2) is 40.0 Å². The lowest BCUT2D eigenvalue weighted by Gasteiger charge is -2.62. The zero-order valence-corrected chi connectivity index (χ0v) is 16.9. The lowest BCUT2D eigenvalue weighted by molar-refractivity contribution is -0.197. The van der Waals surface area contributed by atoms with Crippen molar-refractivity contribution in [1.82, 2.24) is 4.90 Å². The lowest BCUT2D eigenvalue weighted by atomic mass is 9.44. The minimum absolute atomic E-state index is 0.0643. The van der Waals surface area contributed by atoms with E-state index in [1.165, 1.54) is 51.4 Å². The minimum Gasteiger partial charge on any atom is -0.393 e. The molecule has 3 unspecified atom stereocenters. The van der Waals surface area contributed by atoms with Crippen molar-refractivity contribution in [3.8, 4) is 0 Å². The predicted octanol–water partition coefficient (Wildman–Crippen LogP) is 4.17. The van der Waals surface area contributed by atoms with Gasteiger partial charge in [0.2, 0.25) is 0 Å². The molecule has 5 aliphatic rings. The molecule has 0 aromatic carbocycles. The quantitative estimate of drug-likeness (QED) is 0.736. The van der Waals surface area contributed by atoms with Crippen LogP contribution < -0.4 is 0 Å². The Balaban J connectivity index is 1.38. The molecule has 2 N–H and O–H groups in total. The van der Waals surface area contributed by atoms with Gasteiger partial charge in [-0.15, -0.1) is 0 Å². The Labute approximate surface area is 159 Å². The van der Waals surface area contributed by atoms with E-state index in [0.717, 1.165) is 50.1 Å². The third-order valence-electron chi connectivity index (χ3n) is 10.3. The maximum Gasteiger partial charge on any atom is 0.118 e. The third kappa shape index (κ3) is 2.35. The van der Waals surface area contributed by atoms with Gasteiger partial charge in [-0.05, 0) is 105 Å². The summed E-state index contributed by atoms with van der Waals surface area (Å²) in [6.07, 6.45) is 13.1. The highest BCUT2D eigenvalue weighted by Gasteiger charge is 2.61. The Hall–Kier alpha value is -0.120. The summed E-state index contributed by atoms with van der Waals surface area (Å²) in [4.78, 5) is 2.41. The molecule has 3 nitrogen and oxygen atoms in total. The molecule has 0 amide bonds. The predicted molar refractivity (Wildman–Crippen MR) is 103 cm³/mol. The van der Waals surface area contributed by atoms with Crippen LogP contribution in [-0.2, 0) is 0 Å². The first-order valence-electron chi connectivity index (χ1n) is 11.5. The molecule has 0 aromatic rings. The minimum atomic E-state index is -0.514. The van der Waals surface area contributed by atoms with E-state index in [1.807, 2.05) is 0 Å². The average molecular weight is 362 g/mol. The highest BCUT2D eigenvalue weighted by atomic mass is 16.3. The molecule has 4 aliphatic carbocycles. The van der Waals surface area contributed by atoms with Gasteiger partial charge in [0.1, 0.15) is 5.72 Å². The van der Waals surface area contributed by atoms with Crippen LogP contribution in [0.4, 0.5) is 0 Å². The van der Waals surface area contributed by atoms with Gasteiger partial charge in [-0.3, -0.25) is 4.90 Å². The number of aliphatic hydroxyl groups is 2. The molecule has 0 aromatic heterocycles. The molecule has 0 bridgehead atoms. The summed E-state index contributed by atoms with van der Waals surface area (Å²) in [5, 5.41) is 22.1. The van der Waals surface area contributed by atoms with Crippen LogP contribution >= 0.6 is 0 Å². The van der Waals surface area contributed by atoms with E-state index in [-0.39, 0.29) is 11.5 Å². The largest absolute Gasteiger partial charge is 0.393 e. The highest BCUT2D eigenvalue weighted by Crippen LogP contribution is 2.67. The summed E-state index contributed by atoms with van der Waals surface area (Å²) in [6, 6.07) is 0. The Morgan fingerprint density at radius 2 is 1.54 bits per heavy atom. The smallest absolute Gasteiger partial charge is 0.118 e. The Morgan fingerprint density at radius 3 is 2.31 bits per heavy atom. The molecule has 5 fully saturated rings. The first kappa shape index (κ1) is 17.9. The molecule has 1 heterocycles. The van der Waals surface area contributed by atoms with Crippen LogP contribution in [0.5, 0.6) is 0 Å². The lowest BCUT2D eigenvalue weighted by Crippen LogP contribution is -2.59. The third-order valence-corrected chi connectivity index (χ3v) is 10.3. The van der Waals surface area contributed by atoms with Crippen LogP contribution in [0.2, 0.25) is 0 Å². The van der Waals surface area contributed by atoms with Gasteiger partial charge in [-0.2, -0.15) is 0 Å². The number of hydrogen-bond donors (Lipinski definition) is 2. The van der Waals surface area contributed by atoms with Crippen LogP contribution in [0.1, 0.15) is 84.5 Å². The highest BCUT2D eigenvalue weighted by molar-refractivity contribution is 5.10. The number of nitrogens with zero attached hydrogens (tertiary/aromatic N) is 1. The van der Waals surface area contributed by atoms with Crippen LogP contribution in [0.15, 0.2) is 0 Å². The summed E-state index contributed by atoms with van der Waals surface area (Å²) in [5.41, 5.74) is 0.0965. The second kappa shape index (κ2) is 5.94. The Kier molecular flexibility index (Phi) is 4.10. The zero-order chi connectivity index (χ0) is 18.2. The number of rotatable bonds is 1. The molecular formula is C23H39NO2. The zero-order valence-electron chi connectivity index (χ0n) is 16.9. The molecule has 5 rings (SSSR count). The Bertz CT molecular complexity index is 560. The molecule has 8 atom stereocenters. The van der Waals surface area contributed by atoms with Crippen molar-refractivity contribution in [3.05, 3.63) is 0 Å². The fourth-order valence-electron chi connectivity index (χ4n) is 8.62. The molecule has 3 heteroatoms. The first-order chi connectivity index (χ1) is 12.4. The van der Waals surface area contributed by atoms with Crippen LogP contribution in [0.25, 0.3) is 0 Å². The monoisotopic (exact) mass is 361 g/mol. The standard InChI is InChI=1S/C23H39NO2/c1-21-11-12-23(26,24-13-3-4-14-24)15-16(21)5-6-17-18-7-8-20(25)22(18,2)10-9-19(17)21/h16-20,25-26H,3-15H2,1-2H3/t16?,17-,18-,19-,20?,21-,22-,23?/m0/s1. The van der Waals surface area contributed by atoms with Crippen molar-refractivity contribution in [3.63, 3.8) is 0 Å². The first-order valence-corrected chi connectivity index (χ1v) is 11.5. The van der Waals surface area contributed by atoms with Crippen molar-refractivity contribution in [1.29, 1.82) is 0 Å². The number of aliphatic hydroxyl groups excluding tert-OH is 1. The number of fused-ring (bicyclic) bond motifs is 5. The maximum atomic E-state index is 11.4. The summed E-state index contributed by atoms with van der Waals surface area (Å²) < 4.78 is 0. The van der Waals surface area contributed by atoms with Crippen molar-refractivity contribution in [2.24, 2.45) is 34.5 Å². The Morgan fingerprint density at radius 1 is 0.808 bits per heavy atom. The molecule has 0 spiro atoms. The van der Waals surface area contributed by atoms with Gasteiger partial charge in [0, 0.05) is 13.1 Å². The van der Waals surface area contributed by atoms with Crippen LogP contribution in [0.3, 0.4) is 0 Å². The van der Waals surface area contributed by atoms with Crippen LogP contribution in [0, 0.1) is 34.5 Å². The van der Waals surface area contributed by atoms with E-state index in [4.69, 9.17) is 0 Å². The normalized spacial score (nSPS) is 57.5. The van der Waals surface area contributed by atoms with E-state index >= 15 is 0 Å². The SMILES string of the molecule is C[C@]12CCC(O)(N3CCCC3)CC1CC[C@@H]1[C@@H]2CC[C@]2(C)C(O)CC[C@@H]12. The van der Waals surface area contributed by atoms with Gasteiger partial charge < -0.3 is 10.2 Å². The van der Waals surface area contributed by atoms with Gasteiger partial charge in [-0.25, -0.2) is 0 Å². The molecule has 4 saturated carbocycles. The van der Waals surface area contributed by atoms with Gasteiger partial charge in [0.15, 0.2) is 0 Å². The van der Waals surface area contributed by atoms with E-state index < -0.39 is 5.72 Å². The molecular weight excluding hydrogens is 322 g/mol. The molecule has 1 aliphatic heterocycles. The maximum absolute atomic E-state index is 11.4. The fraction of sp³-hybridized carbons (Fsp3) is 1.00. The van der Waals surface area contributed by atoms with Gasteiger partial charge >= 0.3 is 0 Å². The van der Waals surface area contributed by atoms with E-state index in [2.05, 4.69) is 18.7 Å². The topological polar surface area (TPSA) is 43.7 Å². The summed E-state index contributed by atoms with van der Waals surface area (Å²) in [7, 11) is 0. The summed E-state index contributed by atoms with van der Waals surface area (Å²) >= 11 is 0. The van der Waals surface area contributed by atoms with Gasteiger partial charge in [-0.1, -0.05) is 13.8 Å². The van der Waals surface area contributed by atoms with E-state index in [1.54, 1.807) is 0 Å². The van der Waals surface area contributed by atoms with Crippen molar-refractivity contribution >= 4 is 0 Å². The van der Waals surface area contributed by atoms with Crippen molar-refractivity contribution in [2.75, 3.05) is 13.1 Å². The molecule has 148 valence electrons. The number of likely N-dealkylation sites (tertiary alicyclic amines) is 1. The number of hydrogen-bond acceptors (Lipinski definition) is 3. The van der Waals surface area contributed by atoms with E-state index in [0.29, 0.717) is 11.3 Å². The fourth-order valence-corrected chi connectivity index (χ4v) is 8.62. The molecule has 26 heavy (non-hydrogen) atoms. The van der Waals surface area contributed by atoms with Crippen molar-refractivity contribution < 1.29 is 10.2 Å². The summed E-state index contributed by atoms with van der Waals surface area (Å²) in [6.45, 7) is 7.16. The molecule has 1 saturated heterocycles. The van der Waals surface area contributed by atoms with E-state index in [9.17, 15) is 10.2 Å². The average Bonchev–Trinajstić information content (AvgIpc) is 3.25. The van der Waals surface area contributed by atoms with Gasteiger partial charge in [0.25, 0.3) is 0 Å². The summed E-state index contributed by atoms with van der Waals surface area (Å²) in [5.74, 6) is 3.09. The second-order valence-corrected chi connectivity index (χ2v) is 11.2. The van der Waals surface area contributed by atoms with Crippen molar-refractivity contribution in [2.45, 2.75) is 96.3 Å². The second-order valence-electron chi connectivity index (χ2n) is 11.2. The molecule has 0 radical (unpaired) electrons.